The fourth-order valence-electron chi connectivity index (χ4n) is 4.20. The van der Waals surface area contributed by atoms with Gasteiger partial charge in [-0.05, 0) is 43.7 Å². The van der Waals surface area contributed by atoms with Gasteiger partial charge >= 0.3 is 5.97 Å². The first-order chi connectivity index (χ1) is 17.9. The minimum Gasteiger partial charge on any atom is -0.463 e. The molecule has 9 nitrogen and oxygen atoms in total. The summed E-state index contributed by atoms with van der Waals surface area (Å²) in [5.74, 6) is 0.443. The number of ether oxygens (including phenoxy) is 1. The number of esters is 1. The predicted molar refractivity (Wildman–Crippen MR) is 138 cm³/mol. The van der Waals surface area contributed by atoms with Crippen molar-refractivity contribution in [3.63, 3.8) is 0 Å². The molecule has 1 atom stereocenters. The van der Waals surface area contributed by atoms with Crippen LogP contribution < -0.4 is 14.9 Å². The standard InChI is InChI=1S/C27H21N3O6S/c1-3-35-26(32)23-16(2)28-27-29(24(23)18-7-5-4-6-8-18)25(31)22(37-27)15-20-13-14-21(36-20)17-9-11-19(12-10-17)30(33)34/h4-15,24H,3H2,1-2H3/b22-15-/t24-/m1/s1. The molecule has 2 aromatic carbocycles. The largest absolute Gasteiger partial charge is 0.463 e. The number of nitro groups is 1. The van der Waals surface area contributed by atoms with Crippen molar-refractivity contribution in [3.8, 4) is 11.3 Å². The Morgan fingerprint density at radius 3 is 2.57 bits per heavy atom. The van der Waals surface area contributed by atoms with Crippen LogP contribution in [0.1, 0.15) is 31.2 Å². The van der Waals surface area contributed by atoms with Gasteiger partial charge in [0.1, 0.15) is 11.5 Å². The molecule has 0 saturated carbocycles. The summed E-state index contributed by atoms with van der Waals surface area (Å²) in [7, 11) is 0. The molecule has 1 aliphatic rings. The Morgan fingerprint density at radius 1 is 1.16 bits per heavy atom. The first-order valence-electron chi connectivity index (χ1n) is 11.5. The highest BCUT2D eigenvalue weighted by Gasteiger charge is 2.33. The lowest BCUT2D eigenvalue weighted by Crippen LogP contribution is -2.39. The fraction of sp³-hybridized carbons (Fsp3) is 0.148. The van der Waals surface area contributed by atoms with Crippen molar-refractivity contribution < 1.29 is 18.9 Å². The molecular formula is C27H21N3O6S. The quantitative estimate of drug-likeness (QED) is 0.218. The number of aromatic nitrogens is 1. The number of hydrogen-bond donors (Lipinski definition) is 0. The van der Waals surface area contributed by atoms with Gasteiger partial charge < -0.3 is 9.15 Å². The van der Waals surface area contributed by atoms with E-state index in [9.17, 15) is 19.7 Å². The highest BCUT2D eigenvalue weighted by atomic mass is 32.1. The van der Waals surface area contributed by atoms with Crippen molar-refractivity contribution >= 4 is 29.1 Å². The van der Waals surface area contributed by atoms with Crippen molar-refractivity contribution in [1.29, 1.82) is 0 Å². The summed E-state index contributed by atoms with van der Waals surface area (Å²) in [6.07, 6.45) is 1.63. The summed E-state index contributed by atoms with van der Waals surface area (Å²) in [5, 5.41) is 10.9. The molecule has 5 rings (SSSR count). The van der Waals surface area contributed by atoms with Crippen LogP contribution in [0.5, 0.6) is 0 Å². The number of fused-ring (bicyclic) bond motifs is 1. The number of non-ortho nitro benzene ring substituents is 1. The van der Waals surface area contributed by atoms with Crippen LogP contribution in [0.3, 0.4) is 0 Å². The van der Waals surface area contributed by atoms with Gasteiger partial charge in [0.2, 0.25) is 0 Å². The van der Waals surface area contributed by atoms with Crippen LogP contribution >= 0.6 is 11.3 Å². The zero-order valence-corrected chi connectivity index (χ0v) is 20.7. The normalized spacial score (nSPS) is 15.3. The third-order valence-corrected chi connectivity index (χ3v) is 6.88. The third-order valence-electron chi connectivity index (χ3n) is 5.90. The minimum absolute atomic E-state index is 0.0120. The lowest BCUT2D eigenvalue weighted by atomic mass is 9.96. The van der Waals surface area contributed by atoms with E-state index in [0.29, 0.717) is 37.7 Å². The molecule has 0 unspecified atom stereocenters. The lowest BCUT2D eigenvalue weighted by Gasteiger charge is -2.24. The molecule has 0 aliphatic carbocycles. The average Bonchev–Trinajstić information content (AvgIpc) is 3.48. The van der Waals surface area contributed by atoms with E-state index in [2.05, 4.69) is 4.99 Å². The first-order valence-corrected chi connectivity index (χ1v) is 12.3. The minimum atomic E-state index is -0.675. The molecule has 10 heteroatoms. The Morgan fingerprint density at radius 2 is 1.89 bits per heavy atom. The van der Waals surface area contributed by atoms with Crippen molar-refractivity contribution in [2.75, 3.05) is 6.61 Å². The molecule has 0 spiro atoms. The number of nitrogens with zero attached hydrogens (tertiary/aromatic N) is 3. The summed E-state index contributed by atoms with van der Waals surface area (Å²) in [6.45, 7) is 3.67. The topological polar surface area (TPSA) is 117 Å². The number of furan rings is 1. The van der Waals surface area contributed by atoms with E-state index in [1.165, 1.54) is 28.0 Å². The van der Waals surface area contributed by atoms with Crippen LogP contribution in [0.25, 0.3) is 17.4 Å². The van der Waals surface area contributed by atoms with Gasteiger partial charge in [-0.2, -0.15) is 0 Å². The number of benzene rings is 2. The van der Waals surface area contributed by atoms with E-state index >= 15 is 0 Å². The molecule has 0 fully saturated rings. The maximum atomic E-state index is 13.6. The van der Waals surface area contributed by atoms with E-state index in [4.69, 9.17) is 9.15 Å². The molecule has 1 aliphatic heterocycles. The maximum Gasteiger partial charge on any atom is 0.338 e. The molecule has 0 saturated heterocycles. The van der Waals surface area contributed by atoms with Crippen LogP contribution in [0.15, 0.2) is 92.2 Å². The van der Waals surface area contributed by atoms with Gasteiger partial charge in [0, 0.05) is 23.8 Å². The van der Waals surface area contributed by atoms with Gasteiger partial charge in [-0.3, -0.25) is 19.5 Å². The van der Waals surface area contributed by atoms with Gasteiger partial charge in [0.05, 0.1) is 33.4 Å². The predicted octanol–water partition coefficient (Wildman–Crippen LogP) is 3.97. The Labute approximate surface area is 214 Å². The van der Waals surface area contributed by atoms with Gasteiger partial charge in [-0.1, -0.05) is 41.7 Å². The fourth-order valence-corrected chi connectivity index (χ4v) is 5.23. The Hall–Kier alpha value is -4.57. The number of thiazole rings is 1. The van der Waals surface area contributed by atoms with Crippen molar-refractivity contribution in [1.82, 2.24) is 4.57 Å². The van der Waals surface area contributed by atoms with Gasteiger partial charge in [-0.25, -0.2) is 9.79 Å². The summed E-state index contributed by atoms with van der Waals surface area (Å²) in [4.78, 5) is 42.0. The number of nitro benzene ring substituents is 1. The summed E-state index contributed by atoms with van der Waals surface area (Å²) in [6, 6.07) is 18.1. The molecule has 0 amide bonds. The van der Waals surface area contributed by atoms with Crippen LogP contribution in [-0.2, 0) is 9.53 Å². The molecule has 0 bridgehead atoms. The van der Waals surface area contributed by atoms with E-state index in [1.807, 2.05) is 30.3 Å². The molecule has 0 radical (unpaired) electrons. The number of carbonyl (C=O) groups excluding carboxylic acids is 1. The number of allylic oxidation sites excluding steroid dienone is 1. The van der Waals surface area contributed by atoms with Gasteiger partial charge in [0.25, 0.3) is 11.2 Å². The van der Waals surface area contributed by atoms with Crippen LogP contribution in [0.2, 0.25) is 0 Å². The number of rotatable bonds is 6. The van der Waals surface area contributed by atoms with E-state index in [0.717, 1.165) is 5.56 Å². The first kappa shape index (κ1) is 24.1. The zero-order chi connectivity index (χ0) is 26.1. The molecule has 3 heterocycles. The monoisotopic (exact) mass is 515 g/mol. The summed E-state index contributed by atoms with van der Waals surface area (Å²) < 4.78 is 13.1. The highest BCUT2D eigenvalue weighted by Crippen LogP contribution is 2.30. The van der Waals surface area contributed by atoms with Gasteiger partial charge in [-0.15, -0.1) is 0 Å². The highest BCUT2D eigenvalue weighted by molar-refractivity contribution is 7.07. The van der Waals surface area contributed by atoms with Crippen LogP contribution in [0, 0.1) is 10.1 Å². The molecule has 2 aromatic heterocycles. The second-order valence-corrected chi connectivity index (χ2v) is 9.23. The summed E-state index contributed by atoms with van der Waals surface area (Å²) >= 11 is 1.20. The maximum absolute atomic E-state index is 13.6. The second kappa shape index (κ2) is 9.82. The zero-order valence-electron chi connectivity index (χ0n) is 19.9. The molecule has 0 N–H and O–H groups in total. The molecule has 37 heavy (non-hydrogen) atoms. The smallest absolute Gasteiger partial charge is 0.338 e. The molecule has 4 aromatic rings. The van der Waals surface area contributed by atoms with Gasteiger partial charge in [0.15, 0.2) is 4.80 Å². The van der Waals surface area contributed by atoms with Crippen molar-refractivity contribution in [3.05, 3.63) is 119 Å². The average molecular weight is 516 g/mol. The SMILES string of the molecule is CCOC(=O)C1=C(C)N=c2s/c(=C\c3ccc(-c4ccc([N+](=O)[O-])cc4)o3)c(=O)n2[C@@H]1c1ccccc1. The Bertz CT molecular complexity index is 1710. The van der Waals surface area contributed by atoms with Crippen molar-refractivity contribution in [2.45, 2.75) is 19.9 Å². The third kappa shape index (κ3) is 4.54. The van der Waals surface area contributed by atoms with E-state index in [1.54, 1.807) is 44.2 Å². The van der Waals surface area contributed by atoms with E-state index < -0.39 is 16.9 Å². The Balaban J connectivity index is 1.59. The molecule has 186 valence electrons. The molecular weight excluding hydrogens is 494 g/mol. The van der Waals surface area contributed by atoms with Crippen molar-refractivity contribution in [2.24, 2.45) is 4.99 Å². The lowest BCUT2D eigenvalue weighted by molar-refractivity contribution is -0.384. The Kier molecular flexibility index (Phi) is 6.41. The van der Waals surface area contributed by atoms with E-state index in [-0.39, 0.29) is 17.9 Å². The van der Waals surface area contributed by atoms with Crippen LogP contribution in [-0.4, -0.2) is 22.1 Å². The number of carbonyl (C=O) groups is 1. The second-order valence-electron chi connectivity index (χ2n) is 8.22. The van der Waals surface area contributed by atoms with Crippen LogP contribution in [0.4, 0.5) is 5.69 Å². The number of hydrogen-bond acceptors (Lipinski definition) is 8. The summed E-state index contributed by atoms with van der Waals surface area (Å²) in [5.41, 5.74) is 1.95.